The summed E-state index contributed by atoms with van der Waals surface area (Å²) in [5.41, 5.74) is 0. The topological polar surface area (TPSA) is 111 Å². The first-order valence-corrected chi connectivity index (χ1v) is 31.7. The van der Waals surface area contributed by atoms with Gasteiger partial charge in [0.1, 0.15) is 19.8 Å². The largest absolute Gasteiger partial charge is 0.756 e. The average molecular weight is 1080 g/mol. The minimum Gasteiger partial charge on any atom is -0.756 e. The molecule has 2 atom stereocenters. The molecular weight excluding hydrogens is 966 g/mol. The molecular formula is C66H112NO8P. The normalized spacial score (nSPS) is 14.1. The number of allylic oxidation sites excluding steroid dienone is 20. The second-order valence-corrected chi connectivity index (χ2v) is 22.4. The average Bonchev–Trinajstić information content (AvgIpc) is 3.38. The predicted octanol–water partition coefficient (Wildman–Crippen LogP) is 18.5. The summed E-state index contributed by atoms with van der Waals surface area (Å²) in [6.45, 7) is 3.98. The van der Waals surface area contributed by atoms with E-state index in [1.807, 2.05) is 21.1 Å². The quantitative estimate of drug-likeness (QED) is 0.0195. The number of likely N-dealkylation sites (N-methyl/N-ethyl adjacent to an activating group) is 1. The number of phosphoric ester groups is 1. The van der Waals surface area contributed by atoms with Crippen LogP contribution >= 0.6 is 7.82 Å². The number of ether oxygens (including phenoxy) is 2. The summed E-state index contributed by atoms with van der Waals surface area (Å²) in [6, 6.07) is 0. The van der Waals surface area contributed by atoms with E-state index in [4.69, 9.17) is 18.5 Å². The highest BCUT2D eigenvalue weighted by atomic mass is 31.2. The van der Waals surface area contributed by atoms with Crippen molar-refractivity contribution in [1.82, 2.24) is 0 Å². The van der Waals surface area contributed by atoms with Gasteiger partial charge in [-0.2, -0.15) is 0 Å². The van der Waals surface area contributed by atoms with Crippen LogP contribution in [-0.4, -0.2) is 70.0 Å². The van der Waals surface area contributed by atoms with Crippen molar-refractivity contribution in [2.24, 2.45) is 0 Å². The number of quaternary nitrogens is 1. The van der Waals surface area contributed by atoms with Crippen molar-refractivity contribution < 1.29 is 42.1 Å². The molecule has 0 spiro atoms. The monoisotopic (exact) mass is 1080 g/mol. The Morgan fingerprint density at radius 3 is 1.05 bits per heavy atom. The minimum absolute atomic E-state index is 0.0400. The summed E-state index contributed by atoms with van der Waals surface area (Å²) in [5, 5.41) is 0. The van der Waals surface area contributed by atoms with Crippen LogP contribution in [0.2, 0.25) is 0 Å². The Bertz CT molecular complexity index is 1700. The molecule has 434 valence electrons. The zero-order valence-electron chi connectivity index (χ0n) is 49.2. The van der Waals surface area contributed by atoms with Gasteiger partial charge in [0.25, 0.3) is 7.82 Å². The molecule has 0 aromatic rings. The second kappa shape index (κ2) is 56.1. The van der Waals surface area contributed by atoms with E-state index in [0.717, 1.165) is 109 Å². The van der Waals surface area contributed by atoms with Crippen molar-refractivity contribution in [3.8, 4) is 0 Å². The van der Waals surface area contributed by atoms with Crippen LogP contribution in [0.15, 0.2) is 122 Å². The highest BCUT2D eigenvalue weighted by Crippen LogP contribution is 2.38. The fraction of sp³-hybridized carbons (Fsp3) is 0.667. The molecule has 0 aliphatic carbocycles. The van der Waals surface area contributed by atoms with E-state index in [2.05, 4.69) is 135 Å². The molecule has 0 fully saturated rings. The molecule has 0 aromatic heterocycles. The zero-order chi connectivity index (χ0) is 55.6. The summed E-state index contributed by atoms with van der Waals surface area (Å²) in [7, 11) is 1.14. The number of phosphoric acid groups is 1. The van der Waals surface area contributed by atoms with E-state index in [0.29, 0.717) is 23.9 Å². The van der Waals surface area contributed by atoms with Crippen LogP contribution in [0.1, 0.15) is 232 Å². The highest BCUT2D eigenvalue weighted by Gasteiger charge is 2.22. The Labute approximate surface area is 467 Å². The Kier molecular flexibility index (Phi) is 53.5. The van der Waals surface area contributed by atoms with E-state index < -0.39 is 32.5 Å². The Morgan fingerprint density at radius 2 is 0.711 bits per heavy atom. The molecule has 10 heteroatoms. The number of esters is 2. The number of unbranched alkanes of at least 4 members (excludes halogenated alkanes) is 20. The van der Waals surface area contributed by atoms with E-state index in [-0.39, 0.29) is 26.1 Å². The van der Waals surface area contributed by atoms with Gasteiger partial charge >= 0.3 is 11.9 Å². The minimum atomic E-state index is -4.65. The standard InChI is InChI=1S/C66H112NO8P/c1-6-8-10-12-14-16-18-20-22-24-25-26-27-28-29-30-31-32-33-34-35-36-37-38-39-40-41-43-45-47-49-51-53-55-57-59-66(69)75-64(63-74-76(70,71)73-61-60-67(3,4)5)62-72-65(68)58-56-54-52-50-48-46-44-42-23-21-19-17-15-13-11-9-7-2/h8-11,14-17,20-23,25-26,28-29,31-32,44,46,64H,6-7,12-13,18-19,24,27,30,33-43,45,47-63H2,1-5H3/b10-8-,11-9-,16-14-,17-15-,22-20-,23-21-,26-25-,29-28-,32-31-,46-44-. The van der Waals surface area contributed by atoms with Crippen LogP contribution in [0, 0.1) is 0 Å². The van der Waals surface area contributed by atoms with Crippen LogP contribution in [0.3, 0.4) is 0 Å². The second-order valence-electron chi connectivity index (χ2n) is 20.9. The number of nitrogens with zero attached hydrogens (tertiary/aromatic N) is 1. The van der Waals surface area contributed by atoms with Gasteiger partial charge in [0.15, 0.2) is 6.10 Å². The molecule has 2 unspecified atom stereocenters. The summed E-state index contributed by atoms with van der Waals surface area (Å²) in [6.07, 6.45) is 79.7. The lowest BCUT2D eigenvalue weighted by Gasteiger charge is -2.28. The number of hydrogen-bond acceptors (Lipinski definition) is 8. The Morgan fingerprint density at radius 1 is 0.408 bits per heavy atom. The van der Waals surface area contributed by atoms with Gasteiger partial charge in [0, 0.05) is 12.8 Å². The van der Waals surface area contributed by atoms with Crippen LogP contribution in [0.4, 0.5) is 0 Å². The maximum Gasteiger partial charge on any atom is 0.306 e. The van der Waals surface area contributed by atoms with Gasteiger partial charge in [-0.1, -0.05) is 238 Å². The molecule has 0 saturated carbocycles. The summed E-state index contributed by atoms with van der Waals surface area (Å²) in [5.74, 6) is -0.865. The van der Waals surface area contributed by atoms with Crippen molar-refractivity contribution in [3.63, 3.8) is 0 Å². The lowest BCUT2D eigenvalue weighted by atomic mass is 10.0. The van der Waals surface area contributed by atoms with E-state index in [1.54, 1.807) is 0 Å². The smallest absolute Gasteiger partial charge is 0.306 e. The van der Waals surface area contributed by atoms with Gasteiger partial charge < -0.3 is 27.9 Å². The van der Waals surface area contributed by atoms with Gasteiger partial charge in [0.05, 0.1) is 27.7 Å². The molecule has 0 aliphatic heterocycles. The van der Waals surface area contributed by atoms with Crippen LogP contribution in [0.25, 0.3) is 0 Å². The molecule has 0 bridgehead atoms. The third-order valence-electron chi connectivity index (χ3n) is 12.5. The Hall–Kier alpha value is -3.59. The molecule has 0 aromatic carbocycles. The first kappa shape index (κ1) is 72.4. The van der Waals surface area contributed by atoms with Gasteiger partial charge in [-0.25, -0.2) is 0 Å². The molecule has 0 rings (SSSR count). The summed E-state index contributed by atoms with van der Waals surface area (Å²) in [4.78, 5) is 37.9. The maximum absolute atomic E-state index is 12.8. The van der Waals surface area contributed by atoms with Crippen molar-refractivity contribution in [2.75, 3.05) is 47.5 Å². The fourth-order valence-electron chi connectivity index (χ4n) is 7.89. The van der Waals surface area contributed by atoms with Crippen molar-refractivity contribution in [1.29, 1.82) is 0 Å². The van der Waals surface area contributed by atoms with Crippen molar-refractivity contribution >= 4 is 19.8 Å². The Balaban J connectivity index is 4.09. The number of hydrogen-bond donors (Lipinski definition) is 0. The first-order valence-electron chi connectivity index (χ1n) is 30.2. The first-order chi connectivity index (χ1) is 37.0. The third-order valence-corrected chi connectivity index (χ3v) is 13.4. The van der Waals surface area contributed by atoms with E-state index in [1.165, 1.54) is 83.5 Å². The van der Waals surface area contributed by atoms with Crippen LogP contribution < -0.4 is 4.89 Å². The molecule has 0 heterocycles. The number of rotatable bonds is 54. The van der Waals surface area contributed by atoms with Gasteiger partial charge in [-0.05, 0) is 103 Å². The van der Waals surface area contributed by atoms with E-state index in [9.17, 15) is 19.0 Å². The molecule has 0 amide bonds. The van der Waals surface area contributed by atoms with Crippen molar-refractivity contribution in [2.45, 2.75) is 238 Å². The molecule has 9 nitrogen and oxygen atoms in total. The molecule has 0 saturated heterocycles. The SMILES string of the molecule is CC/C=C\C/C=C\C/C=C\C/C=C\C/C=C\C/C=C\CCCCCCCCCCCCCCCCCCC(=O)OC(COC(=O)CCCCCC/C=C\C/C=C\C/C=C\C/C=C\CC)COP(=O)([O-])OCC[N+](C)(C)C. The lowest BCUT2D eigenvalue weighted by Crippen LogP contribution is -2.37. The lowest BCUT2D eigenvalue weighted by molar-refractivity contribution is -0.870. The maximum atomic E-state index is 12.8. The number of carbonyl (C=O) groups excluding carboxylic acids is 2. The predicted molar refractivity (Wildman–Crippen MR) is 323 cm³/mol. The molecule has 76 heavy (non-hydrogen) atoms. The highest BCUT2D eigenvalue weighted by molar-refractivity contribution is 7.45. The third kappa shape index (κ3) is 59.7. The molecule has 0 N–H and O–H groups in total. The molecule has 0 aliphatic rings. The fourth-order valence-corrected chi connectivity index (χ4v) is 8.61. The summed E-state index contributed by atoms with van der Waals surface area (Å²) < 4.78 is 34.1. The van der Waals surface area contributed by atoms with Gasteiger partial charge in [0.2, 0.25) is 0 Å². The zero-order valence-corrected chi connectivity index (χ0v) is 50.0. The summed E-state index contributed by atoms with van der Waals surface area (Å²) >= 11 is 0. The number of carbonyl (C=O) groups is 2. The van der Waals surface area contributed by atoms with Crippen molar-refractivity contribution in [3.05, 3.63) is 122 Å². The molecule has 0 radical (unpaired) electrons. The van der Waals surface area contributed by atoms with Crippen LogP contribution in [-0.2, 0) is 32.7 Å². The van der Waals surface area contributed by atoms with Gasteiger partial charge in [-0.3, -0.25) is 14.2 Å². The van der Waals surface area contributed by atoms with Crippen LogP contribution in [0.5, 0.6) is 0 Å². The van der Waals surface area contributed by atoms with E-state index >= 15 is 0 Å². The van der Waals surface area contributed by atoms with Gasteiger partial charge in [-0.15, -0.1) is 0 Å².